The average Bonchev–Trinajstić information content (AvgIpc) is 1.62. The molecule has 4 aliphatic heterocycles. The molecule has 0 N–H and O–H groups in total. The number of aryl methyl sites for hydroxylation is 8. The van der Waals surface area contributed by atoms with Crippen molar-refractivity contribution < 1.29 is 44.2 Å². The second-order valence-corrected chi connectivity index (χ2v) is 31.4. The summed E-state index contributed by atoms with van der Waals surface area (Å²) in [6.45, 7) is 8.79. The molecule has 8 aromatic heterocycles. The molecule has 0 unspecified atom stereocenters. The fraction of sp³-hybridized carbons (Fsp3) is 0.160. The molecule has 0 radical (unpaired) electrons. The third-order valence-electron chi connectivity index (χ3n) is 23.7. The standard InChI is InChI=1S/4C25H24BN2O/c1-17-15-27(3)24(14-21(17)19-10-6-5-7-11-19)26-18(2)25-22(16-28(26)4)20-12-8-9-13-23(20)29-25;1-17-15-27(3)24(14-21(17)19-10-6-5-7-11-19)26-18(2)25-20-12-8-9-13-22(20)29-23(25)16-28(26)4;1-17-14-24(27(3)15-21(17)19-10-6-5-7-11-19)26-18(2)25-22(16-28(26)4)20-12-8-9-13-23(20)29-25;1-17-14-24(27(3)15-21(17)19-10-6-5-7-11-19)26-18(2)25-20-12-8-9-13-22(20)29-23(25)16-28(26)4/h4*5-16H,1-4H3/q4*+1/i2*1D3;;. The van der Waals surface area contributed by atoms with E-state index in [1.54, 1.807) is 12.4 Å². The van der Waals surface area contributed by atoms with Crippen molar-refractivity contribution in [1.29, 1.82) is 0 Å². The monoisotopic (exact) mass is 1520 g/mol. The van der Waals surface area contributed by atoms with Crippen molar-refractivity contribution in [2.24, 2.45) is 28.2 Å². The number of rotatable bonds is 8. The minimum atomic E-state index is -2.21. The van der Waals surface area contributed by atoms with Gasteiger partial charge in [-0.15, -0.1) is 0 Å². The van der Waals surface area contributed by atoms with Crippen LogP contribution in [0.4, 0.5) is 0 Å². The number of benzene rings is 8. The van der Waals surface area contributed by atoms with Crippen LogP contribution in [-0.2, 0) is 28.2 Å². The van der Waals surface area contributed by atoms with Crippen LogP contribution in [0.5, 0.6) is 0 Å². The van der Waals surface area contributed by atoms with E-state index < -0.39 is 13.7 Å². The predicted octanol–water partition coefficient (Wildman–Crippen LogP) is 10.1. The average molecular weight is 1520 g/mol. The predicted molar refractivity (Wildman–Crippen MR) is 480 cm³/mol. The second-order valence-electron chi connectivity index (χ2n) is 31.4. The summed E-state index contributed by atoms with van der Waals surface area (Å²) in [6.07, 6.45) is 16.5. The molecule has 16 heteroatoms. The molecule has 12 heterocycles. The Kier molecular flexibility index (Phi) is 18.3. The molecule has 12 nitrogen and oxygen atoms in total. The fourth-order valence-corrected chi connectivity index (χ4v) is 18.2. The molecule has 20 rings (SSSR count). The first-order valence-corrected chi connectivity index (χ1v) is 39.6. The summed E-state index contributed by atoms with van der Waals surface area (Å²) in [5.74, 6) is 0. The summed E-state index contributed by atoms with van der Waals surface area (Å²) < 4.78 is 81.7. The molecule has 0 spiro atoms. The van der Waals surface area contributed by atoms with Crippen LogP contribution < -0.4 is 83.2 Å². The zero-order valence-electron chi connectivity index (χ0n) is 74.2. The summed E-state index contributed by atoms with van der Waals surface area (Å²) in [5, 5.41) is 9.16. The third kappa shape index (κ3) is 13.7. The lowest BCUT2D eigenvalue weighted by Crippen LogP contribution is -2.62. The van der Waals surface area contributed by atoms with E-state index in [-0.39, 0.29) is 27.4 Å². The highest BCUT2D eigenvalue weighted by atomic mass is 16.3. The van der Waals surface area contributed by atoms with E-state index in [1.165, 1.54) is 82.2 Å². The molecule has 0 bridgehead atoms. The van der Waals surface area contributed by atoms with E-state index in [4.69, 9.17) is 25.9 Å². The van der Waals surface area contributed by atoms with Crippen LogP contribution >= 0.6 is 0 Å². The Hall–Kier alpha value is -13.1. The lowest BCUT2D eigenvalue weighted by molar-refractivity contribution is -0.654. The van der Waals surface area contributed by atoms with Gasteiger partial charge in [-0.05, 0) is 176 Å². The van der Waals surface area contributed by atoms with E-state index >= 15 is 0 Å². The number of furan rings is 4. The van der Waals surface area contributed by atoms with Gasteiger partial charge in [0.05, 0.1) is 0 Å². The van der Waals surface area contributed by atoms with Gasteiger partial charge in [-0.3, -0.25) is 0 Å². The quantitative estimate of drug-likeness (QED) is 0.110. The summed E-state index contributed by atoms with van der Waals surface area (Å²) in [6, 6.07) is 82.0. The third-order valence-corrected chi connectivity index (χ3v) is 23.7. The summed E-state index contributed by atoms with van der Waals surface area (Å²) >= 11 is 0. The number of hydrogen-bond donors (Lipinski definition) is 0. The van der Waals surface area contributed by atoms with Gasteiger partial charge in [-0.2, -0.15) is 0 Å². The first kappa shape index (κ1) is 68.5. The lowest BCUT2D eigenvalue weighted by Gasteiger charge is -2.25. The maximum atomic E-state index is 8.11. The van der Waals surface area contributed by atoms with Crippen LogP contribution in [0, 0.1) is 27.6 Å². The van der Waals surface area contributed by atoms with E-state index in [0.29, 0.717) is 11.1 Å². The molecule has 0 saturated heterocycles. The van der Waals surface area contributed by atoms with Gasteiger partial charge in [0.2, 0.25) is 0 Å². The van der Waals surface area contributed by atoms with Crippen molar-refractivity contribution in [3.8, 4) is 44.5 Å². The number of hydrogen-bond acceptors (Lipinski definition) is 8. The van der Waals surface area contributed by atoms with Crippen molar-refractivity contribution >= 4 is 140 Å². The van der Waals surface area contributed by atoms with Gasteiger partial charge >= 0.3 is 27.4 Å². The molecular formula is C100H96B4N8O4+4. The van der Waals surface area contributed by atoms with Crippen LogP contribution in [0.3, 0.4) is 0 Å². The molecule has 0 saturated carbocycles. The SMILES string of the molecule is CC1=c2c(oc3ccccc23)=CN(C)B1c1cc(C)c(-c2ccccc2)c[n+]1C.CC1=c2oc3ccccc3c2=CN(C)B1c1cc(C)c(-c2ccccc2)c[n+]1C.[2H]C([2H])([2H])c1c[n+](C)c(B2C(C)=c3c(oc4ccccc34)=CN2C)cc1-c1ccccc1.[2H]C([2H])([2H])c1c[n+](C)c(B2C(C)=c3oc4ccccc4c3=CN2C)cc1-c1ccccc1. The summed E-state index contributed by atoms with van der Waals surface area (Å²) in [5.41, 5.74) is 28.2. The number of nitrogens with zero attached hydrogens (tertiary/aromatic N) is 8. The summed E-state index contributed by atoms with van der Waals surface area (Å²) in [7, 11) is 16.5. The van der Waals surface area contributed by atoms with Crippen LogP contribution in [-0.4, -0.2) is 74.8 Å². The van der Waals surface area contributed by atoms with Crippen molar-refractivity contribution in [1.82, 2.24) is 19.2 Å². The number of fused-ring (bicyclic) bond motifs is 12. The minimum absolute atomic E-state index is 0.0541. The van der Waals surface area contributed by atoms with Gasteiger partial charge < -0.3 is 36.9 Å². The van der Waals surface area contributed by atoms with Gasteiger partial charge in [0.1, 0.15) is 72.2 Å². The summed E-state index contributed by atoms with van der Waals surface area (Å²) in [4.78, 5) is 8.88. The Balaban J connectivity index is 0.000000116. The van der Waals surface area contributed by atoms with Gasteiger partial charge in [0.15, 0.2) is 47.2 Å². The number of para-hydroxylation sites is 4. The maximum absolute atomic E-state index is 8.11. The molecular weight excluding hydrogens is 1420 g/mol. The van der Waals surface area contributed by atoms with Crippen molar-refractivity contribution in [3.05, 3.63) is 332 Å². The van der Waals surface area contributed by atoms with Gasteiger partial charge in [0.25, 0.3) is 0 Å². The van der Waals surface area contributed by atoms with E-state index in [9.17, 15) is 0 Å². The second kappa shape index (κ2) is 31.0. The highest BCUT2D eigenvalue weighted by Crippen LogP contribution is 2.28. The van der Waals surface area contributed by atoms with E-state index in [1.807, 2.05) is 170 Å². The van der Waals surface area contributed by atoms with Crippen molar-refractivity contribution in [2.45, 2.75) is 55.2 Å². The zero-order valence-corrected chi connectivity index (χ0v) is 68.2. The first-order valence-electron chi connectivity index (χ1n) is 42.6. The molecule has 0 fully saturated rings. The maximum Gasteiger partial charge on any atom is 0.402 e. The van der Waals surface area contributed by atoms with Crippen LogP contribution in [0.25, 0.3) is 135 Å². The molecule has 0 atom stereocenters. The topological polar surface area (TPSA) is 81.0 Å². The Bertz CT molecular complexity index is 7370. The Morgan fingerprint density at radius 2 is 0.560 bits per heavy atom. The Morgan fingerprint density at radius 3 is 0.905 bits per heavy atom. The Labute approximate surface area is 688 Å². The highest BCUT2D eigenvalue weighted by Gasteiger charge is 2.41. The minimum Gasteiger partial charge on any atom is -0.457 e. The van der Waals surface area contributed by atoms with Gasteiger partial charge in [0, 0.05) is 110 Å². The van der Waals surface area contributed by atoms with Gasteiger partial charge in [-0.1, -0.05) is 205 Å². The fourth-order valence-electron chi connectivity index (χ4n) is 18.2. The smallest absolute Gasteiger partial charge is 0.402 e. The lowest BCUT2D eigenvalue weighted by atomic mass is 9.49. The van der Waals surface area contributed by atoms with E-state index in [0.717, 1.165) is 104 Å². The molecule has 116 heavy (non-hydrogen) atoms. The molecule has 8 aromatic carbocycles. The zero-order chi connectivity index (χ0) is 85.5. The molecule has 16 aromatic rings. The van der Waals surface area contributed by atoms with Crippen LogP contribution in [0.15, 0.2) is 285 Å². The number of pyridine rings is 4. The van der Waals surface area contributed by atoms with E-state index in [2.05, 4.69) is 245 Å². The molecule has 568 valence electrons. The van der Waals surface area contributed by atoms with Crippen LogP contribution in [0.2, 0.25) is 0 Å². The first-order chi connectivity index (χ1) is 58.6. The molecule has 4 aliphatic rings. The number of aromatic nitrogens is 4. The van der Waals surface area contributed by atoms with Crippen molar-refractivity contribution in [2.75, 3.05) is 28.2 Å². The Morgan fingerprint density at radius 1 is 0.284 bits per heavy atom. The highest BCUT2D eigenvalue weighted by molar-refractivity contribution is 6.87. The largest absolute Gasteiger partial charge is 0.457 e. The normalized spacial score (nSPS) is 14.6. The molecule has 0 amide bonds. The molecule has 0 aliphatic carbocycles. The van der Waals surface area contributed by atoms with Crippen LogP contribution in [0.1, 0.15) is 58.2 Å². The van der Waals surface area contributed by atoms with Gasteiger partial charge in [-0.25, -0.2) is 18.3 Å². The van der Waals surface area contributed by atoms with Crippen molar-refractivity contribution in [3.63, 3.8) is 0 Å².